The molecule has 134 valence electrons. The van der Waals surface area contributed by atoms with E-state index >= 15 is 0 Å². The van der Waals surface area contributed by atoms with Gasteiger partial charge in [0.1, 0.15) is 0 Å². The third-order valence-electron chi connectivity index (χ3n) is 5.03. The summed E-state index contributed by atoms with van der Waals surface area (Å²) in [4.78, 5) is 38.6. The molecule has 4 rings (SSSR count). The van der Waals surface area contributed by atoms with E-state index in [2.05, 4.69) is 16.0 Å². The molecule has 0 unspecified atom stereocenters. The zero-order valence-electron chi connectivity index (χ0n) is 14.8. The molecular formula is C19H21N5O2. The second-order valence-corrected chi connectivity index (χ2v) is 6.60. The lowest BCUT2D eigenvalue weighted by molar-refractivity contribution is -0.129. The van der Waals surface area contributed by atoms with Gasteiger partial charge in [-0.2, -0.15) is 0 Å². The number of fused-ring (bicyclic) bond motifs is 1. The van der Waals surface area contributed by atoms with Crippen LogP contribution in [0.25, 0.3) is 0 Å². The fourth-order valence-corrected chi connectivity index (χ4v) is 3.52. The topological polar surface area (TPSA) is 69.6 Å². The van der Waals surface area contributed by atoms with E-state index in [1.807, 2.05) is 28.0 Å². The fourth-order valence-electron chi connectivity index (χ4n) is 3.52. The molecule has 0 bridgehead atoms. The predicted molar refractivity (Wildman–Crippen MR) is 98.3 cm³/mol. The van der Waals surface area contributed by atoms with Crippen molar-refractivity contribution in [3.05, 3.63) is 47.8 Å². The van der Waals surface area contributed by atoms with Gasteiger partial charge in [0, 0.05) is 57.7 Å². The van der Waals surface area contributed by atoms with Gasteiger partial charge in [0.2, 0.25) is 11.9 Å². The van der Waals surface area contributed by atoms with Crippen molar-refractivity contribution in [2.45, 2.75) is 13.3 Å². The lowest BCUT2D eigenvalue weighted by Gasteiger charge is -2.34. The minimum atomic E-state index is -0.0668. The molecule has 2 aliphatic rings. The van der Waals surface area contributed by atoms with Gasteiger partial charge in [-0.3, -0.25) is 9.59 Å². The molecule has 2 aromatic rings. The molecule has 0 saturated carbocycles. The summed E-state index contributed by atoms with van der Waals surface area (Å²) >= 11 is 0. The van der Waals surface area contributed by atoms with Gasteiger partial charge in [0.05, 0.1) is 5.56 Å². The lowest BCUT2D eigenvalue weighted by Crippen LogP contribution is -2.48. The predicted octanol–water partition coefficient (Wildman–Crippen LogP) is 1.35. The average Bonchev–Trinajstić information content (AvgIpc) is 3.12. The monoisotopic (exact) mass is 351 g/mol. The van der Waals surface area contributed by atoms with Gasteiger partial charge in [-0.15, -0.1) is 0 Å². The second-order valence-electron chi connectivity index (χ2n) is 6.60. The van der Waals surface area contributed by atoms with Crippen molar-refractivity contribution in [3.63, 3.8) is 0 Å². The molecule has 0 spiro atoms. The Morgan fingerprint density at radius 1 is 0.962 bits per heavy atom. The normalized spacial score (nSPS) is 16.6. The number of para-hydroxylation sites is 1. The third-order valence-corrected chi connectivity index (χ3v) is 5.03. The van der Waals surface area contributed by atoms with Crippen LogP contribution in [-0.2, 0) is 11.2 Å². The molecule has 2 amide bonds. The van der Waals surface area contributed by atoms with Crippen molar-refractivity contribution >= 4 is 23.5 Å². The number of benzene rings is 1. The molecule has 7 heteroatoms. The van der Waals surface area contributed by atoms with E-state index in [0.29, 0.717) is 44.2 Å². The maximum absolute atomic E-state index is 12.8. The Hall–Kier alpha value is -2.96. The van der Waals surface area contributed by atoms with Crippen LogP contribution in [0.4, 0.5) is 11.6 Å². The van der Waals surface area contributed by atoms with Crippen molar-refractivity contribution in [1.29, 1.82) is 0 Å². The highest BCUT2D eigenvalue weighted by Gasteiger charge is 2.26. The van der Waals surface area contributed by atoms with Crippen LogP contribution in [-0.4, -0.2) is 59.4 Å². The van der Waals surface area contributed by atoms with Crippen LogP contribution >= 0.6 is 0 Å². The van der Waals surface area contributed by atoms with Crippen molar-refractivity contribution < 1.29 is 9.59 Å². The number of nitrogens with zero attached hydrogens (tertiary/aromatic N) is 5. The van der Waals surface area contributed by atoms with E-state index in [0.717, 1.165) is 12.1 Å². The lowest BCUT2D eigenvalue weighted by atomic mass is 10.2. The van der Waals surface area contributed by atoms with Gasteiger partial charge in [0.15, 0.2) is 0 Å². The standard InChI is InChI=1S/C19H21N5O2/c1-14(25)22-8-10-23(11-9-22)19-20-12-16(13-21-19)18(26)24-7-6-15-4-2-3-5-17(15)24/h2-5,12-13H,6-11H2,1H3. The summed E-state index contributed by atoms with van der Waals surface area (Å²) in [7, 11) is 0. The zero-order valence-corrected chi connectivity index (χ0v) is 14.8. The molecule has 1 aromatic heterocycles. The Bertz CT molecular complexity index is 828. The molecule has 3 heterocycles. The highest BCUT2D eigenvalue weighted by atomic mass is 16.2. The Kier molecular flexibility index (Phi) is 4.28. The number of hydrogen-bond donors (Lipinski definition) is 0. The second kappa shape index (κ2) is 6.74. The summed E-state index contributed by atoms with van der Waals surface area (Å²) in [5.41, 5.74) is 2.66. The molecule has 2 aliphatic heterocycles. The van der Waals surface area contributed by atoms with Crippen LogP contribution in [0.3, 0.4) is 0 Å². The molecule has 1 saturated heterocycles. The summed E-state index contributed by atoms with van der Waals surface area (Å²) in [6.07, 6.45) is 4.08. The molecular weight excluding hydrogens is 330 g/mol. The summed E-state index contributed by atoms with van der Waals surface area (Å²) in [5.74, 6) is 0.631. The van der Waals surface area contributed by atoms with E-state index < -0.39 is 0 Å². The van der Waals surface area contributed by atoms with Crippen molar-refractivity contribution in [1.82, 2.24) is 14.9 Å². The Morgan fingerprint density at radius 3 is 2.35 bits per heavy atom. The smallest absolute Gasteiger partial charge is 0.261 e. The minimum absolute atomic E-state index is 0.0668. The summed E-state index contributed by atoms with van der Waals surface area (Å²) in [6.45, 7) is 5.02. The molecule has 1 aromatic carbocycles. The van der Waals surface area contributed by atoms with Crippen LogP contribution in [0, 0.1) is 0 Å². The number of anilines is 2. The van der Waals surface area contributed by atoms with Crippen LogP contribution < -0.4 is 9.80 Å². The largest absolute Gasteiger partial charge is 0.339 e. The number of aromatic nitrogens is 2. The zero-order chi connectivity index (χ0) is 18.1. The van der Waals surface area contributed by atoms with Gasteiger partial charge in [-0.25, -0.2) is 9.97 Å². The van der Waals surface area contributed by atoms with E-state index in [-0.39, 0.29) is 11.8 Å². The molecule has 26 heavy (non-hydrogen) atoms. The average molecular weight is 351 g/mol. The van der Waals surface area contributed by atoms with Crippen LogP contribution in [0.5, 0.6) is 0 Å². The maximum Gasteiger partial charge on any atom is 0.261 e. The van der Waals surface area contributed by atoms with Crippen molar-refractivity contribution in [2.75, 3.05) is 42.5 Å². The Morgan fingerprint density at radius 2 is 1.65 bits per heavy atom. The Balaban J connectivity index is 1.45. The summed E-state index contributed by atoms with van der Waals surface area (Å²) in [6, 6.07) is 7.98. The highest BCUT2D eigenvalue weighted by molar-refractivity contribution is 6.07. The number of piperazine rings is 1. The first-order chi connectivity index (χ1) is 12.6. The van der Waals surface area contributed by atoms with Gasteiger partial charge < -0.3 is 14.7 Å². The third kappa shape index (κ3) is 3.00. The van der Waals surface area contributed by atoms with E-state index in [1.54, 1.807) is 24.2 Å². The van der Waals surface area contributed by atoms with Crippen LogP contribution in [0.2, 0.25) is 0 Å². The SMILES string of the molecule is CC(=O)N1CCN(c2ncc(C(=O)N3CCc4ccccc43)cn2)CC1. The van der Waals surface area contributed by atoms with Gasteiger partial charge in [-0.05, 0) is 18.1 Å². The molecule has 0 aliphatic carbocycles. The molecule has 1 fully saturated rings. The van der Waals surface area contributed by atoms with Crippen molar-refractivity contribution in [3.8, 4) is 0 Å². The minimum Gasteiger partial charge on any atom is -0.339 e. The van der Waals surface area contributed by atoms with Gasteiger partial charge in [-0.1, -0.05) is 18.2 Å². The van der Waals surface area contributed by atoms with E-state index in [1.165, 1.54) is 5.56 Å². The highest BCUT2D eigenvalue weighted by Crippen LogP contribution is 2.28. The number of carbonyl (C=O) groups is 2. The van der Waals surface area contributed by atoms with Gasteiger partial charge >= 0.3 is 0 Å². The fraction of sp³-hybridized carbons (Fsp3) is 0.368. The Labute approximate surface area is 152 Å². The van der Waals surface area contributed by atoms with E-state index in [4.69, 9.17) is 0 Å². The number of rotatable bonds is 2. The molecule has 0 N–H and O–H groups in total. The van der Waals surface area contributed by atoms with Crippen LogP contribution in [0.1, 0.15) is 22.8 Å². The molecule has 0 radical (unpaired) electrons. The first kappa shape index (κ1) is 16.5. The number of carbonyl (C=O) groups excluding carboxylic acids is 2. The number of amides is 2. The van der Waals surface area contributed by atoms with Crippen LogP contribution in [0.15, 0.2) is 36.7 Å². The molecule has 7 nitrogen and oxygen atoms in total. The summed E-state index contributed by atoms with van der Waals surface area (Å²) in [5, 5.41) is 0. The number of hydrogen-bond acceptors (Lipinski definition) is 5. The van der Waals surface area contributed by atoms with E-state index in [9.17, 15) is 9.59 Å². The first-order valence-electron chi connectivity index (χ1n) is 8.86. The molecule has 0 atom stereocenters. The maximum atomic E-state index is 12.8. The van der Waals surface area contributed by atoms with Crippen molar-refractivity contribution in [2.24, 2.45) is 0 Å². The van der Waals surface area contributed by atoms with Gasteiger partial charge in [0.25, 0.3) is 5.91 Å². The first-order valence-corrected chi connectivity index (χ1v) is 8.86. The quantitative estimate of drug-likeness (QED) is 0.817. The summed E-state index contributed by atoms with van der Waals surface area (Å²) < 4.78 is 0.